The number of aryl methyl sites for hydroxylation is 1. The molecule has 0 radical (unpaired) electrons. The molecule has 0 unspecified atom stereocenters. The van der Waals surface area contributed by atoms with Crippen molar-refractivity contribution < 1.29 is 18.7 Å². The highest BCUT2D eigenvalue weighted by Gasteiger charge is 2.30. The zero-order valence-corrected chi connectivity index (χ0v) is 16.1. The van der Waals surface area contributed by atoms with Gasteiger partial charge in [-0.1, -0.05) is 6.07 Å². The maximum absolute atomic E-state index is 13.7. The van der Waals surface area contributed by atoms with Crippen LogP contribution in [0.5, 0.6) is 5.75 Å². The van der Waals surface area contributed by atoms with E-state index in [1.807, 2.05) is 9.80 Å². The molecule has 3 rings (SSSR count). The Labute approximate surface area is 160 Å². The summed E-state index contributed by atoms with van der Waals surface area (Å²) in [6, 6.07) is 4.81. The van der Waals surface area contributed by atoms with Crippen molar-refractivity contribution in [3.8, 4) is 5.75 Å². The molecule has 2 amide bonds. The Morgan fingerprint density at radius 3 is 2.41 bits per heavy atom. The highest BCUT2D eigenvalue weighted by Crippen LogP contribution is 2.23. The van der Waals surface area contributed by atoms with Gasteiger partial charge in [0.15, 0.2) is 11.6 Å². The van der Waals surface area contributed by atoms with Crippen molar-refractivity contribution in [2.75, 3.05) is 33.3 Å². The normalized spacial score (nSPS) is 18.4. The monoisotopic (exact) mass is 376 g/mol. The van der Waals surface area contributed by atoms with Crippen LogP contribution in [0.2, 0.25) is 0 Å². The van der Waals surface area contributed by atoms with Gasteiger partial charge >= 0.3 is 0 Å². The van der Waals surface area contributed by atoms with Gasteiger partial charge in [-0.15, -0.1) is 0 Å². The summed E-state index contributed by atoms with van der Waals surface area (Å²) in [5, 5.41) is 0. The van der Waals surface area contributed by atoms with Crippen molar-refractivity contribution in [3.63, 3.8) is 0 Å². The van der Waals surface area contributed by atoms with E-state index in [1.54, 1.807) is 12.1 Å². The Hall–Kier alpha value is -2.11. The zero-order chi connectivity index (χ0) is 19.2. The first kappa shape index (κ1) is 19.6. The van der Waals surface area contributed by atoms with Crippen LogP contribution >= 0.6 is 0 Å². The average Bonchev–Trinajstić information content (AvgIpc) is 2.72. The number of benzene rings is 1. The molecule has 5 nitrogen and oxygen atoms in total. The van der Waals surface area contributed by atoms with Crippen molar-refractivity contribution >= 4 is 11.8 Å². The van der Waals surface area contributed by atoms with E-state index in [0.717, 1.165) is 44.3 Å². The number of likely N-dealkylation sites (tertiary alicyclic amines) is 2. The lowest BCUT2D eigenvalue weighted by atomic mass is 9.94. The van der Waals surface area contributed by atoms with Gasteiger partial charge in [0.1, 0.15) is 0 Å². The molecule has 0 spiro atoms. The Bertz CT molecular complexity index is 665. The van der Waals surface area contributed by atoms with E-state index in [4.69, 9.17) is 4.74 Å². The number of carbonyl (C=O) groups is 2. The molecule has 1 aromatic carbocycles. The molecule has 2 saturated heterocycles. The predicted octanol–water partition coefficient (Wildman–Crippen LogP) is 3.02. The Kier molecular flexibility index (Phi) is 6.69. The van der Waals surface area contributed by atoms with Crippen LogP contribution in [0.15, 0.2) is 18.2 Å². The number of piperidine rings is 2. The van der Waals surface area contributed by atoms with Crippen molar-refractivity contribution in [1.82, 2.24) is 9.80 Å². The first-order valence-corrected chi connectivity index (χ1v) is 9.97. The van der Waals surface area contributed by atoms with Gasteiger partial charge in [0.25, 0.3) is 0 Å². The highest BCUT2D eigenvalue weighted by molar-refractivity contribution is 5.80. The predicted molar refractivity (Wildman–Crippen MR) is 101 cm³/mol. The van der Waals surface area contributed by atoms with Crippen LogP contribution in [0.3, 0.4) is 0 Å². The van der Waals surface area contributed by atoms with Gasteiger partial charge < -0.3 is 14.5 Å². The van der Waals surface area contributed by atoms with E-state index in [1.165, 1.54) is 19.6 Å². The van der Waals surface area contributed by atoms with Crippen molar-refractivity contribution in [2.24, 2.45) is 5.92 Å². The highest BCUT2D eigenvalue weighted by atomic mass is 19.1. The summed E-state index contributed by atoms with van der Waals surface area (Å²) in [6.45, 7) is 3.05. The maximum atomic E-state index is 13.7. The van der Waals surface area contributed by atoms with Gasteiger partial charge in [-0.2, -0.15) is 0 Å². The molecular weight excluding hydrogens is 347 g/mol. The Morgan fingerprint density at radius 2 is 1.78 bits per heavy atom. The number of methoxy groups -OCH3 is 1. The van der Waals surface area contributed by atoms with Crippen molar-refractivity contribution in [3.05, 3.63) is 29.6 Å². The molecule has 2 aliphatic heterocycles. The molecule has 0 aromatic heterocycles. The summed E-state index contributed by atoms with van der Waals surface area (Å²) >= 11 is 0. The number of hydrogen-bond donors (Lipinski definition) is 0. The van der Waals surface area contributed by atoms with Crippen LogP contribution < -0.4 is 4.74 Å². The van der Waals surface area contributed by atoms with Crippen LogP contribution in [0.4, 0.5) is 4.39 Å². The zero-order valence-electron chi connectivity index (χ0n) is 16.1. The van der Waals surface area contributed by atoms with Gasteiger partial charge in [-0.05, 0) is 56.2 Å². The fourth-order valence-corrected chi connectivity index (χ4v) is 4.02. The maximum Gasteiger partial charge on any atom is 0.225 e. The molecule has 6 heteroatoms. The van der Waals surface area contributed by atoms with E-state index in [9.17, 15) is 14.0 Å². The van der Waals surface area contributed by atoms with E-state index in [-0.39, 0.29) is 23.5 Å². The Balaban J connectivity index is 1.44. The van der Waals surface area contributed by atoms with Crippen LogP contribution in [-0.4, -0.2) is 54.9 Å². The first-order valence-electron chi connectivity index (χ1n) is 9.97. The van der Waals surface area contributed by atoms with Crippen molar-refractivity contribution in [1.29, 1.82) is 0 Å². The fraction of sp³-hybridized carbons (Fsp3) is 0.619. The number of carbonyl (C=O) groups excluding carboxylic acids is 2. The summed E-state index contributed by atoms with van der Waals surface area (Å²) in [7, 11) is 1.43. The minimum Gasteiger partial charge on any atom is -0.494 e. The quantitative estimate of drug-likeness (QED) is 0.794. The number of halogens is 1. The summed E-state index contributed by atoms with van der Waals surface area (Å²) in [5.41, 5.74) is 0.789. The lowest BCUT2D eigenvalue weighted by Crippen LogP contribution is -2.45. The summed E-state index contributed by atoms with van der Waals surface area (Å²) in [5.74, 6) is 0.221. The van der Waals surface area contributed by atoms with Crippen molar-refractivity contribution in [2.45, 2.75) is 44.9 Å². The molecule has 2 heterocycles. The second-order valence-electron chi connectivity index (χ2n) is 7.51. The summed E-state index contributed by atoms with van der Waals surface area (Å²) < 4.78 is 18.7. The Morgan fingerprint density at radius 1 is 1.07 bits per heavy atom. The molecule has 0 bridgehead atoms. The van der Waals surface area contributed by atoms with E-state index in [2.05, 4.69) is 0 Å². The molecule has 0 saturated carbocycles. The number of ether oxygens (including phenoxy) is 1. The van der Waals surface area contributed by atoms with E-state index < -0.39 is 5.82 Å². The number of amides is 2. The van der Waals surface area contributed by atoms with Crippen LogP contribution in [-0.2, 0) is 16.0 Å². The van der Waals surface area contributed by atoms with Gasteiger partial charge in [0.2, 0.25) is 11.8 Å². The van der Waals surface area contributed by atoms with Gasteiger partial charge in [0.05, 0.1) is 7.11 Å². The lowest BCUT2D eigenvalue weighted by molar-refractivity contribution is -0.141. The molecule has 2 fully saturated rings. The second kappa shape index (κ2) is 9.20. The van der Waals surface area contributed by atoms with E-state index >= 15 is 0 Å². The molecule has 0 atom stereocenters. The topological polar surface area (TPSA) is 49.9 Å². The first-order chi connectivity index (χ1) is 13.1. The van der Waals surface area contributed by atoms with Crippen LogP contribution in [0.25, 0.3) is 0 Å². The largest absolute Gasteiger partial charge is 0.494 e. The molecule has 1 aromatic rings. The van der Waals surface area contributed by atoms with Crippen LogP contribution in [0.1, 0.15) is 44.1 Å². The summed E-state index contributed by atoms with van der Waals surface area (Å²) in [6.07, 6.45) is 5.79. The third-order valence-electron chi connectivity index (χ3n) is 5.71. The molecule has 0 aliphatic carbocycles. The molecule has 0 N–H and O–H groups in total. The average molecular weight is 376 g/mol. The molecule has 148 valence electrons. The fourth-order valence-electron chi connectivity index (χ4n) is 4.02. The van der Waals surface area contributed by atoms with Gasteiger partial charge in [-0.25, -0.2) is 4.39 Å². The standard InChI is InChI=1S/C21H29FN2O3/c1-27-19-7-5-16(15-18(19)22)6-8-20(25)23-13-9-17(10-14-23)21(26)24-11-3-2-4-12-24/h5,7,15,17H,2-4,6,8-14H2,1H3. The lowest BCUT2D eigenvalue weighted by Gasteiger charge is -2.35. The number of nitrogens with zero attached hydrogens (tertiary/aromatic N) is 2. The number of hydrogen-bond acceptors (Lipinski definition) is 3. The van der Waals surface area contributed by atoms with E-state index in [0.29, 0.717) is 25.9 Å². The second-order valence-corrected chi connectivity index (χ2v) is 7.51. The third-order valence-corrected chi connectivity index (χ3v) is 5.71. The number of rotatable bonds is 5. The van der Waals surface area contributed by atoms with Gasteiger partial charge in [-0.3, -0.25) is 9.59 Å². The third kappa shape index (κ3) is 4.99. The summed E-state index contributed by atoms with van der Waals surface area (Å²) in [4.78, 5) is 28.9. The SMILES string of the molecule is COc1ccc(CCC(=O)N2CCC(C(=O)N3CCCCC3)CC2)cc1F. The molecule has 2 aliphatic rings. The smallest absolute Gasteiger partial charge is 0.225 e. The van der Waals surface area contributed by atoms with Crippen LogP contribution in [0, 0.1) is 11.7 Å². The minimum atomic E-state index is -0.403. The molecule has 27 heavy (non-hydrogen) atoms. The van der Waals surface area contributed by atoms with Gasteiger partial charge in [0, 0.05) is 38.5 Å². The molecular formula is C21H29FN2O3. The minimum absolute atomic E-state index is 0.0582.